The van der Waals surface area contributed by atoms with Crippen LogP contribution in [0.15, 0.2) is 0 Å². The van der Waals surface area contributed by atoms with Crippen LogP contribution in [0.2, 0.25) is 0 Å². The minimum atomic E-state index is -1.74. The smallest absolute Gasteiger partial charge is 0.217 e. The molecule has 0 spiro atoms. The molecule has 0 aromatic rings. The largest absolute Gasteiger partial charge is 0.394 e. The third-order valence-corrected chi connectivity index (χ3v) is 4.38. The van der Waals surface area contributed by atoms with Gasteiger partial charge in [-0.3, -0.25) is 4.79 Å². The third-order valence-electron chi connectivity index (χ3n) is 4.38. The zero-order valence-electron chi connectivity index (χ0n) is 14.0. The fraction of sp³-hybridized carbons (Fsp3) is 0.929. The Labute approximate surface area is 148 Å². The number of rotatable bonds is 5. The number of ether oxygens (including phenoxy) is 3. The van der Waals surface area contributed by atoms with Crippen molar-refractivity contribution < 1.29 is 54.8 Å². The summed E-state index contributed by atoms with van der Waals surface area (Å²) in [6, 6.07) is -1.28. The molecule has 2 rings (SSSR count). The van der Waals surface area contributed by atoms with Gasteiger partial charge in [0.05, 0.1) is 13.2 Å². The Balaban J connectivity index is 2.21. The Morgan fingerprint density at radius 1 is 0.923 bits per heavy atom. The fourth-order valence-electron chi connectivity index (χ4n) is 2.97. The number of aliphatic hydroxyl groups excluding tert-OH is 7. The summed E-state index contributed by atoms with van der Waals surface area (Å²) in [6.45, 7) is -0.195. The van der Waals surface area contributed by atoms with Gasteiger partial charge in [0.2, 0.25) is 5.91 Å². The second-order valence-corrected chi connectivity index (χ2v) is 6.26. The van der Waals surface area contributed by atoms with Crippen LogP contribution in [0.4, 0.5) is 0 Å². The number of aliphatic hydroxyl groups is 7. The third kappa shape index (κ3) is 4.31. The molecule has 0 aromatic heterocycles. The maximum Gasteiger partial charge on any atom is 0.217 e. The second-order valence-electron chi connectivity index (χ2n) is 6.26. The normalized spacial score (nSPS) is 46.8. The maximum atomic E-state index is 11.4. The lowest BCUT2D eigenvalue weighted by atomic mass is 9.95. The monoisotopic (exact) mass is 383 g/mol. The maximum absolute atomic E-state index is 11.4. The molecule has 1 amide bonds. The predicted octanol–water partition coefficient (Wildman–Crippen LogP) is -5.25. The van der Waals surface area contributed by atoms with Crippen molar-refractivity contribution in [1.29, 1.82) is 0 Å². The molecule has 0 radical (unpaired) electrons. The molecule has 10 atom stereocenters. The molecule has 8 N–H and O–H groups in total. The average Bonchev–Trinajstić information content (AvgIpc) is 2.60. The van der Waals surface area contributed by atoms with Crippen molar-refractivity contribution in [2.45, 2.75) is 68.3 Å². The van der Waals surface area contributed by atoms with Crippen molar-refractivity contribution in [2.75, 3.05) is 13.2 Å². The number of hydrogen-bond acceptors (Lipinski definition) is 11. The highest BCUT2D eigenvalue weighted by molar-refractivity contribution is 5.73. The van der Waals surface area contributed by atoms with Gasteiger partial charge < -0.3 is 55.3 Å². The highest BCUT2D eigenvalue weighted by atomic mass is 16.7. The molecule has 2 heterocycles. The summed E-state index contributed by atoms with van der Waals surface area (Å²) < 4.78 is 15.7. The van der Waals surface area contributed by atoms with E-state index in [9.17, 15) is 40.5 Å². The van der Waals surface area contributed by atoms with Crippen LogP contribution in [-0.2, 0) is 19.0 Å². The topological polar surface area (TPSA) is 198 Å². The molecule has 2 saturated heterocycles. The minimum absolute atomic E-state index is 0.574. The summed E-state index contributed by atoms with van der Waals surface area (Å²) in [6.07, 6.45) is -13.7. The fourth-order valence-corrected chi connectivity index (χ4v) is 2.97. The number of hydrogen-bond donors (Lipinski definition) is 8. The molecule has 0 aromatic carbocycles. The highest BCUT2D eigenvalue weighted by Gasteiger charge is 2.50. The van der Waals surface area contributed by atoms with Gasteiger partial charge >= 0.3 is 0 Å². The van der Waals surface area contributed by atoms with E-state index in [1.54, 1.807) is 0 Å². The summed E-state index contributed by atoms with van der Waals surface area (Å²) in [5, 5.41) is 70.7. The zero-order chi connectivity index (χ0) is 19.6. The van der Waals surface area contributed by atoms with Crippen LogP contribution in [0.1, 0.15) is 6.92 Å². The second kappa shape index (κ2) is 8.84. The van der Waals surface area contributed by atoms with E-state index in [2.05, 4.69) is 5.32 Å². The van der Waals surface area contributed by atoms with Crippen molar-refractivity contribution >= 4 is 5.91 Å². The Morgan fingerprint density at radius 2 is 1.50 bits per heavy atom. The first-order chi connectivity index (χ1) is 12.2. The van der Waals surface area contributed by atoms with E-state index in [0.29, 0.717) is 0 Å². The molecule has 26 heavy (non-hydrogen) atoms. The Hall–Kier alpha value is -0.930. The summed E-state index contributed by atoms with van der Waals surface area (Å²) in [5.41, 5.74) is 0. The minimum Gasteiger partial charge on any atom is -0.394 e. The molecule has 4 unspecified atom stereocenters. The number of carbonyl (C=O) groups excluding carboxylic acids is 1. The first-order valence-electron chi connectivity index (χ1n) is 8.06. The van der Waals surface area contributed by atoms with E-state index < -0.39 is 80.5 Å². The van der Waals surface area contributed by atoms with Crippen LogP contribution in [0.5, 0.6) is 0 Å². The standard InChI is InChI=1S/C14H25NO11/c1-4(18)15-7-12(9(20)6(3-17)24-13(7)23)26-14-11(22)10(21)8(19)5(2-16)25-14/h5-14,16-17,19-23H,2-3H2,1H3,(H,15,18)/t5?,6?,7?,8-,9-,10+,11?,12-,13-,14+/m0/s1. The Bertz CT molecular complexity index is 478. The van der Waals surface area contributed by atoms with Crippen LogP contribution in [0.3, 0.4) is 0 Å². The van der Waals surface area contributed by atoms with E-state index in [0.717, 1.165) is 6.92 Å². The van der Waals surface area contributed by atoms with Crippen molar-refractivity contribution in [2.24, 2.45) is 0 Å². The quantitative estimate of drug-likeness (QED) is 0.226. The first kappa shape index (κ1) is 21.4. The van der Waals surface area contributed by atoms with Gasteiger partial charge in [-0.1, -0.05) is 0 Å². The number of amides is 1. The predicted molar refractivity (Wildman–Crippen MR) is 80.2 cm³/mol. The number of carbonyl (C=O) groups is 1. The molecular weight excluding hydrogens is 358 g/mol. The van der Waals surface area contributed by atoms with E-state index in [1.807, 2.05) is 0 Å². The lowest BCUT2D eigenvalue weighted by Gasteiger charge is -2.46. The molecule has 12 nitrogen and oxygen atoms in total. The molecule has 152 valence electrons. The molecular formula is C14H25NO11. The Kier molecular flexibility index (Phi) is 7.27. The van der Waals surface area contributed by atoms with Gasteiger partial charge in [0, 0.05) is 6.92 Å². The zero-order valence-corrected chi connectivity index (χ0v) is 14.0. The summed E-state index contributed by atoms with van der Waals surface area (Å²) in [5.74, 6) is -0.574. The van der Waals surface area contributed by atoms with E-state index >= 15 is 0 Å². The lowest BCUT2D eigenvalue weighted by Crippen LogP contribution is -2.67. The molecule has 2 aliphatic rings. The average molecular weight is 383 g/mol. The van der Waals surface area contributed by atoms with Gasteiger partial charge in [-0.15, -0.1) is 0 Å². The Morgan fingerprint density at radius 3 is 2.04 bits per heavy atom. The number of nitrogens with one attached hydrogen (secondary N) is 1. The molecule has 12 heteroatoms. The molecule has 0 saturated carbocycles. The van der Waals surface area contributed by atoms with Gasteiger partial charge in [-0.05, 0) is 0 Å². The van der Waals surface area contributed by atoms with E-state index in [1.165, 1.54) is 0 Å². The van der Waals surface area contributed by atoms with Gasteiger partial charge in [0.15, 0.2) is 12.6 Å². The van der Waals surface area contributed by atoms with Gasteiger partial charge in [0.1, 0.15) is 48.8 Å². The first-order valence-corrected chi connectivity index (χ1v) is 8.06. The van der Waals surface area contributed by atoms with Gasteiger partial charge in [-0.25, -0.2) is 0 Å². The summed E-state index contributed by atoms with van der Waals surface area (Å²) in [7, 11) is 0. The van der Waals surface area contributed by atoms with Crippen LogP contribution < -0.4 is 5.32 Å². The summed E-state index contributed by atoms with van der Waals surface area (Å²) >= 11 is 0. The molecule has 0 aliphatic carbocycles. The van der Waals surface area contributed by atoms with Crippen LogP contribution in [-0.4, -0.2) is 116 Å². The SMILES string of the molecule is CC(=O)NC1[C@@H](O)OC(CO)[C@H](O)[C@H]1O[C@H]1OC(CO)[C@H](O)[C@@H](O)C1O. The van der Waals surface area contributed by atoms with Crippen LogP contribution >= 0.6 is 0 Å². The van der Waals surface area contributed by atoms with Crippen molar-refractivity contribution in [3.63, 3.8) is 0 Å². The van der Waals surface area contributed by atoms with E-state index in [-0.39, 0.29) is 0 Å². The van der Waals surface area contributed by atoms with Crippen molar-refractivity contribution in [3.05, 3.63) is 0 Å². The summed E-state index contributed by atoms with van der Waals surface area (Å²) in [4.78, 5) is 11.4. The highest BCUT2D eigenvalue weighted by Crippen LogP contribution is 2.28. The van der Waals surface area contributed by atoms with Gasteiger partial charge in [-0.2, -0.15) is 0 Å². The van der Waals surface area contributed by atoms with Crippen LogP contribution in [0, 0.1) is 0 Å². The molecule has 2 aliphatic heterocycles. The van der Waals surface area contributed by atoms with Gasteiger partial charge in [0.25, 0.3) is 0 Å². The van der Waals surface area contributed by atoms with Crippen molar-refractivity contribution in [3.8, 4) is 0 Å². The lowest BCUT2D eigenvalue weighted by molar-refractivity contribution is -0.341. The molecule has 0 bridgehead atoms. The van der Waals surface area contributed by atoms with E-state index in [4.69, 9.17) is 14.2 Å². The van der Waals surface area contributed by atoms with Crippen molar-refractivity contribution in [1.82, 2.24) is 5.32 Å². The van der Waals surface area contributed by atoms with Crippen LogP contribution in [0.25, 0.3) is 0 Å². The molecule has 2 fully saturated rings.